The van der Waals surface area contributed by atoms with Crippen LogP contribution in [0.25, 0.3) is 11.3 Å². The molecule has 0 N–H and O–H groups in total. The van der Waals surface area contributed by atoms with Gasteiger partial charge in [0.15, 0.2) is 14.9 Å². The van der Waals surface area contributed by atoms with Gasteiger partial charge in [0.1, 0.15) is 11.6 Å². The summed E-state index contributed by atoms with van der Waals surface area (Å²) in [5.41, 5.74) is 2.57. The van der Waals surface area contributed by atoms with Gasteiger partial charge in [-0.2, -0.15) is 13.2 Å². The second-order valence-electron chi connectivity index (χ2n) is 11.7. The Balaban J connectivity index is 1.40. The number of para-hydroxylation sites is 1. The molecule has 0 saturated heterocycles. The second kappa shape index (κ2) is 9.44. The van der Waals surface area contributed by atoms with Crippen LogP contribution < -0.4 is 9.64 Å². The molecule has 0 radical (unpaired) electrons. The summed E-state index contributed by atoms with van der Waals surface area (Å²) in [5, 5.41) is 0.0891. The van der Waals surface area contributed by atoms with Crippen LogP contribution in [0.2, 0.25) is 18.1 Å². The van der Waals surface area contributed by atoms with Gasteiger partial charge in [0.25, 0.3) is 5.91 Å². The third-order valence-electron chi connectivity index (χ3n) is 7.89. The van der Waals surface area contributed by atoms with E-state index in [0.29, 0.717) is 28.2 Å². The molecule has 6 nitrogen and oxygen atoms in total. The quantitative estimate of drug-likeness (QED) is 0.287. The lowest BCUT2D eigenvalue weighted by Crippen LogP contribution is -2.44. The number of carbonyl (C=O) groups is 1. The number of pyridine rings is 2. The van der Waals surface area contributed by atoms with Crippen molar-refractivity contribution in [1.82, 2.24) is 9.97 Å². The van der Waals surface area contributed by atoms with Gasteiger partial charge in [-0.1, -0.05) is 39.0 Å². The zero-order chi connectivity index (χ0) is 28.2. The first-order valence-electron chi connectivity index (χ1n) is 13.0. The normalized spacial score (nSPS) is 16.8. The Labute approximate surface area is 227 Å². The van der Waals surface area contributed by atoms with Gasteiger partial charge in [0.05, 0.1) is 17.8 Å². The van der Waals surface area contributed by atoms with Crippen molar-refractivity contribution < 1.29 is 27.1 Å². The number of nitrogens with zero attached hydrogens (tertiary/aromatic N) is 3. The first-order chi connectivity index (χ1) is 18.2. The van der Waals surface area contributed by atoms with Crippen LogP contribution in [0.3, 0.4) is 0 Å². The molecule has 3 aromatic rings. The van der Waals surface area contributed by atoms with Crippen molar-refractivity contribution in [3.8, 4) is 17.0 Å². The van der Waals surface area contributed by atoms with E-state index in [-0.39, 0.29) is 28.8 Å². The third kappa shape index (κ3) is 5.32. The molecular weight excluding hydrogens is 523 g/mol. The molecule has 0 spiro atoms. The molecule has 2 aliphatic rings. The van der Waals surface area contributed by atoms with Crippen LogP contribution in [0, 0.1) is 0 Å². The van der Waals surface area contributed by atoms with Crippen LogP contribution in [-0.2, 0) is 16.6 Å². The Morgan fingerprint density at radius 2 is 1.72 bits per heavy atom. The van der Waals surface area contributed by atoms with Crippen LogP contribution in [-0.4, -0.2) is 37.0 Å². The zero-order valence-corrected chi connectivity index (χ0v) is 23.7. The van der Waals surface area contributed by atoms with E-state index in [9.17, 15) is 18.0 Å². The van der Waals surface area contributed by atoms with Gasteiger partial charge in [0, 0.05) is 34.6 Å². The number of hydrogen-bond acceptors (Lipinski definition) is 5. The van der Waals surface area contributed by atoms with E-state index in [1.54, 1.807) is 35.4 Å². The maximum Gasteiger partial charge on any atom is 0.422 e. The first-order valence-corrected chi connectivity index (χ1v) is 15.9. The molecule has 0 atom stereocenters. The van der Waals surface area contributed by atoms with Gasteiger partial charge < -0.3 is 9.16 Å². The van der Waals surface area contributed by atoms with E-state index in [2.05, 4.69) is 43.8 Å². The fourth-order valence-corrected chi connectivity index (χ4v) is 6.22. The minimum atomic E-state index is -4.47. The van der Waals surface area contributed by atoms with E-state index in [1.165, 1.54) is 12.3 Å². The molecule has 1 aromatic carbocycles. The van der Waals surface area contributed by atoms with Gasteiger partial charge >= 0.3 is 6.18 Å². The van der Waals surface area contributed by atoms with Crippen LogP contribution in [0.15, 0.2) is 54.9 Å². The number of alkyl halides is 3. The zero-order valence-electron chi connectivity index (χ0n) is 22.7. The maximum absolute atomic E-state index is 13.4. The molecule has 2 aromatic heterocycles. The maximum atomic E-state index is 13.4. The predicted octanol–water partition coefficient (Wildman–Crippen LogP) is 7.26. The van der Waals surface area contributed by atoms with Gasteiger partial charge in [0.2, 0.25) is 0 Å². The van der Waals surface area contributed by atoms with Crippen LogP contribution in [0.1, 0.15) is 55.1 Å². The molecule has 3 heterocycles. The molecule has 0 bridgehead atoms. The summed E-state index contributed by atoms with van der Waals surface area (Å²) >= 11 is 0. The highest BCUT2D eigenvalue weighted by molar-refractivity contribution is 6.74. The number of aromatic nitrogens is 2. The van der Waals surface area contributed by atoms with Crippen molar-refractivity contribution in [3.05, 3.63) is 71.5 Å². The van der Waals surface area contributed by atoms with Gasteiger partial charge in [-0.3, -0.25) is 14.7 Å². The summed E-state index contributed by atoms with van der Waals surface area (Å²) in [6, 6.07) is 11.9. The molecule has 0 unspecified atom stereocenters. The van der Waals surface area contributed by atoms with Crippen LogP contribution >= 0.6 is 0 Å². The highest BCUT2D eigenvalue weighted by Gasteiger charge is 2.52. The smallest absolute Gasteiger partial charge is 0.422 e. The van der Waals surface area contributed by atoms with Crippen molar-refractivity contribution in [2.75, 3.05) is 11.5 Å². The number of rotatable bonds is 7. The van der Waals surface area contributed by atoms with Crippen LogP contribution in [0.5, 0.6) is 5.75 Å². The van der Waals surface area contributed by atoms with Crippen molar-refractivity contribution >= 4 is 20.0 Å². The molecular formula is C29H32F3N3O3Si. The first kappa shape index (κ1) is 27.3. The standard InChI is InChI=1S/C29H32F3N3O3Si/c1-27(2,3)39(4,5)38-28(13-14-28)19-10-11-24(34-16-19)35-17-22-20(26(35)36)12-15-33-25(22)21-8-6-7-9-23(21)37-18-29(30,31)32/h6-12,15-16H,13-14,17-18H2,1-5H3. The molecule has 1 aliphatic heterocycles. The van der Waals surface area contributed by atoms with E-state index in [0.717, 1.165) is 18.4 Å². The number of fused-ring (bicyclic) bond motifs is 1. The molecule has 206 valence electrons. The van der Waals surface area contributed by atoms with Crippen molar-refractivity contribution in [2.24, 2.45) is 0 Å². The molecule has 1 aliphatic carbocycles. The highest BCUT2D eigenvalue weighted by atomic mass is 28.4. The second-order valence-corrected chi connectivity index (χ2v) is 16.5. The minimum Gasteiger partial charge on any atom is -0.483 e. The number of carbonyl (C=O) groups excluding carboxylic acids is 1. The largest absolute Gasteiger partial charge is 0.483 e. The highest BCUT2D eigenvalue weighted by Crippen LogP contribution is 2.54. The van der Waals surface area contributed by atoms with Gasteiger partial charge in [-0.15, -0.1) is 0 Å². The fourth-order valence-electron chi connectivity index (χ4n) is 4.61. The number of hydrogen-bond donors (Lipinski definition) is 0. The Kier molecular flexibility index (Phi) is 6.62. The average molecular weight is 556 g/mol. The van der Waals surface area contributed by atoms with Gasteiger partial charge in [-0.05, 0) is 55.2 Å². The van der Waals surface area contributed by atoms with Crippen LogP contribution in [0.4, 0.5) is 19.0 Å². The summed E-state index contributed by atoms with van der Waals surface area (Å²) in [5.74, 6) is 0.317. The molecule has 1 fully saturated rings. The number of halogens is 3. The van der Waals surface area contributed by atoms with Crippen molar-refractivity contribution in [1.29, 1.82) is 0 Å². The van der Waals surface area contributed by atoms with Crippen molar-refractivity contribution in [3.63, 3.8) is 0 Å². The third-order valence-corrected chi connectivity index (χ3v) is 12.4. The molecule has 39 heavy (non-hydrogen) atoms. The van der Waals surface area contributed by atoms with Crippen molar-refractivity contribution in [2.45, 2.75) is 70.1 Å². The lowest BCUT2D eigenvalue weighted by Gasteiger charge is -2.39. The monoisotopic (exact) mass is 555 g/mol. The number of anilines is 1. The Morgan fingerprint density at radius 3 is 2.33 bits per heavy atom. The average Bonchev–Trinajstić information content (AvgIpc) is 3.56. The summed E-state index contributed by atoms with van der Waals surface area (Å²) in [4.78, 5) is 24.0. The summed E-state index contributed by atoms with van der Waals surface area (Å²) in [6.07, 6.45) is 0.699. The Bertz CT molecular complexity index is 1400. The van der Waals surface area contributed by atoms with E-state index < -0.39 is 21.1 Å². The number of amides is 1. The fraction of sp³-hybridized carbons (Fsp3) is 0.414. The number of benzene rings is 1. The molecule has 10 heteroatoms. The Morgan fingerprint density at radius 1 is 1.00 bits per heavy atom. The minimum absolute atomic E-state index is 0.0561. The van der Waals surface area contributed by atoms with E-state index >= 15 is 0 Å². The summed E-state index contributed by atoms with van der Waals surface area (Å²) < 4.78 is 50.3. The molecule has 1 saturated carbocycles. The molecule has 5 rings (SSSR count). The predicted molar refractivity (Wildman–Crippen MR) is 145 cm³/mol. The topological polar surface area (TPSA) is 64.6 Å². The summed E-state index contributed by atoms with van der Waals surface area (Å²) in [6.45, 7) is 9.93. The lowest BCUT2D eigenvalue weighted by atomic mass is 10.0. The van der Waals surface area contributed by atoms with E-state index in [4.69, 9.17) is 9.16 Å². The molecule has 1 amide bonds. The van der Waals surface area contributed by atoms with Gasteiger partial charge in [-0.25, -0.2) is 4.98 Å². The Hall–Kier alpha value is -3.24. The lowest BCUT2D eigenvalue weighted by molar-refractivity contribution is -0.153. The number of ether oxygens (including phenoxy) is 1. The SMILES string of the molecule is CC(C)(C)[Si](C)(C)OC1(c2ccc(N3Cc4c(ccnc4-c4ccccc4OCC(F)(F)F)C3=O)nc2)CC1. The van der Waals surface area contributed by atoms with E-state index in [1.807, 2.05) is 12.1 Å². The summed E-state index contributed by atoms with van der Waals surface area (Å²) in [7, 11) is -1.99.